The van der Waals surface area contributed by atoms with Crippen LogP contribution in [0.2, 0.25) is 0 Å². The van der Waals surface area contributed by atoms with E-state index in [-0.39, 0.29) is 10.1 Å². The van der Waals surface area contributed by atoms with Crippen LogP contribution >= 0.6 is 22.7 Å². The van der Waals surface area contributed by atoms with Gasteiger partial charge in [0.25, 0.3) is 5.91 Å². The van der Waals surface area contributed by atoms with E-state index in [0.717, 1.165) is 27.3 Å². The van der Waals surface area contributed by atoms with Crippen molar-refractivity contribution in [3.05, 3.63) is 17.0 Å². The lowest BCUT2D eigenvalue weighted by Gasteiger charge is -2.09. The van der Waals surface area contributed by atoms with Crippen LogP contribution in [0.25, 0.3) is 9.40 Å². The first kappa shape index (κ1) is 15.4. The van der Waals surface area contributed by atoms with E-state index >= 15 is 0 Å². The molecule has 20 heavy (non-hydrogen) atoms. The number of likely N-dealkylation sites (N-methyl/N-ethyl adjacent to an activating group) is 1. The van der Waals surface area contributed by atoms with Gasteiger partial charge < -0.3 is 10.2 Å². The molecule has 0 saturated carbocycles. The lowest BCUT2D eigenvalue weighted by atomic mass is 10.3. The van der Waals surface area contributed by atoms with E-state index in [0.29, 0.717) is 11.4 Å². The number of carbonyl (C=O) groups is 1. The van der Waals surface area contributed by atoms with Crippen LogP contribution in [0.5, 0.6) is 0 Å². The first-order valence-corrected chi connectivity index (χ1v) is 8.94. The molecule has 0 radical (unpaired) electrons. The van der Waals surface area contributed by atoms with E-state index in [1.165, 1.54) is 17.4 Å². The summed E-state index contributed by atoms with van der Waals surface area (Å²) >= 11 is 2.36. The van der Waals surface area contributed by atoms with Gasteiger partial charge in [-0.1, -0.05) is 0 Å². The Bertz CT molecular complexity index is 699. The maximum atomic E-state index is 11.9. The quantitative estimate of drug-likeness (QED) is 0.850. The van der Waals surface area contributed by atoms with E-state index in [2.05, 4.69) is 5.32 Å². The highest BCUT2D eigenvalue weighted by atomic mass is 32.2. The van der Waals surface area contributed by atoms with Gasteiger partial charge >= 0.3 is 0 Å². The molecule has 0 unspecified atom stereocenters. The standard InChI is InChI=1S/C11H15N3O3S3/c1-14(2)4-3-13-10(15)8-5-7-6-9(20(12,16)17)19-11(7)18-8/h5-6H,3-4H2,1-2H3,(H,13,15)(H2,12,16,17). The maximum absolute atomic E-state index is 11.9. The molecule has 0 bridgehead atoms. The number of rotatable bonds is 5. The number of hydrogen-bond acceptors (Lipinski definition) is 6. The zero-order valence-corrected chi connectivity index (χ0v) is 13.5. The number of nitrogens with one attached hydrogen (secondary N) is 1. The molecular weight excluding hydrogens is 318 g/mol. The summed E-state index contributed by atoms with van der Waals surface area (Å²) in [6.45, 7) is 1.33. The number of carbonyl (C=O) groups excluding carboxylic acids is 1. The Labute approximate surface area is 125 Å². The second-order valence-corrected chi connectivity index (χ2v) is 8.67. The maximum Gasteiger partial charge on any atom is 0.261 e. The molecule has 0 aliphatic heterocycles. The van der Waals surface area contributed by atoms with E-state index < -0.39 is 10.0 Å². The molecule has 0 aromatic carbocycles. The SMILES string of the molecule is CN(C)CCNC(=O)c1cc2cc(S(N)(=O)=O)sc2s1. The zero-order valence-electron chi connectivity index (χ0n) is 11.0. The normalized spacial score (nSPS) is 12.2. The fourth-order valence-electron chi connectivity index (χ4n) is 1.55. The molecule has 2 rings (SSSR count). The van der Waals surface area contributed by atoms with Gasteiger partial charge in [0.15, 0.2) is 0 Å². The molecule has 0 aliphatic rings. The van der Waals surface area contributed by atoms with Gasteiger partial charge in [0.2, 0.25) is 10.0 Å². The Morgan fingerprint density at radius 2 is 2.05 bits per heavy atom. The summed E-state index contributed by atoms with van der Waals surface area (Å²) in [4.78, 5) is 14.5. The number of nitrogens with two attached hydrogens (primary N) is 1. The lowest BCUT2D eigenvalue weighted by Crippen LogP contribution is -2.30. The van der Waals surface area contributed by atoms with Crippen molar-refractivity contribution in [3.63, 3.8) is 0 Å². The topological polar surface area (TPSA) is 92.5 Å². The van der Waals surface area contributed by atoms with E-state index in [1.807, 2.05) is 19.0 Å². The van der Waals surface area contributed by atoms with Gasteiger partial charge in [-0.3, -0.25) is 4.79 Å². The van der Waals surface area contributed by atoms with E-state index in [1.54, 1.807) is 6.07 Å². The fourth-order valence-corrected chi connectivity index (χ4v) is 4.81. The van der Waals surface area contributed by atoms with Crippen molar-refractivity contribution in [2.45, 2.75) is 4.21 Å². The van der Waals surface area contributed by atoms with Gasteiger partial charge in [-0.2, -0.15) is 0 Å². The van der Waals surface area contributed by atoms with Crippen molar-refractivity contribution < 1.29 is 13.2 Å². The molecule has 0 saturated heterocycles. The highest BCUT2D eigenvalue weighted by molar-refractivity contribution is 7.91. The summed E-state index contributed by atoms with van der Waals surface area (Å²) in [5.74, 6) is -0.141. The Hall–Kier alpha value is -1.00. The number of sulfonamides is 1. The molecule has 110 valence electrons. The monoisotopic (exact) mass is 333 g/mol. The first-order valence-electron chi connectivity index (χ1n) is 5.76. The minimum atomic E-state index is -3.67. The van der Waals surface area contributed by atoms with Gasteiger partial charge in [0, 0.05) is 18.5 Å². The number of nitrogens with zero attached hydrogens (tertiary/aromatic N) is 1. The molecule has 9 heteroatoms. The Morgan fingerprint density at radius 3 is 2.60 bits per heavy atom. The second-order valence-electron chi connectivity index (χ2n) is 4.52. The molecule has 0 aliphatic carbocycles. The van der Waals surface area contributed by atoms with Gasteiger partial charge in [0.05, 0.1) is 8.89 Å². The van der Waals surface area contributed by atoms with Gasteiger partial charge in [-0.15, -0.1) is 22.7 Å². The van der Waals surface area contributed by atoms with Crippen LogP contribution in [0, 0.1) is 0 Å². The van der Waals surface area contributed by atoms with Crippen LogP contribution in [-0.4, -0.2) is 46.4 Å². The third kappa shape index (κ3) is 3.55. The highest BCUT2D eigenvalue weighted by Crippen LogP contribution is 2.35. The summed E-state index contributed by atoms with van der Waals surface area (Å²) < 4.78 is 23.4. The minimum absolute atomic E-state index is 0.123. The molecular formula is C11H15N3O3S3. The van der Waals surface area contributed by atoms with Crippen LogP contribution in [-0.2, 0) is 10.0 Å². The third-order valence-electron chi connectivity index (χ3n) is 2.54. The Kier molecular flexibility index (Phi) is 4.45. The average molecular weight is 333 g/mol. The summed E-state index contributed by atoms with van der Waals surface area (Å²) in [6, 6.07) is 3.19. The molecule has 2 aromatic rings. The number of primary sulfonamides is 1. The molecule has 6 nitrogen and oxygen atoms in total. The van der Waals surface area contributed by atoms with Crippen LogP contribution in [0.3, 0.4) is 0 Å². The zero-order chi connectivity index (χ0) is 14.9. The predicted octanol–water partition coefficient (Wildman–Crippen LogP) is 0.902. The second kappa shape index (κ2) is 5.78. The molecule has 2 heterocycles. The largest absolute Gasteiger partial charge is 0.350 e. The summed E-state index contributed by atoms with van der Waals surface area (Å²) in [5.41, 5.74) is 0. The summed E-state index contributed by atoms with van der Waals surface area (Å²) in [5, 5.41) is 8.63. The smallest absolute Gasteiger partial charge is 0.261 e. The lowest BCUT2D eigenvalue weighted by molar-refractivity contribution is 0.0955. The van der Waals surface area contributed by atoms with E-state index in [9.17, 15) is 13.2 Å². The summed E-state index contributed by atoms with van der Waals surface area (Å²) in [7, 11) is 0.193. The number of hydrogen-bond donors (Lipinski definition) is 2. The van der Waals surface area contributed by atoms with Crippen molar-refractivity contribution in [2.75, 3.05) is 27.2 Å². The van der Waals surface area contributed by atoms with Crippen molar-refractivity contribution in [1.29, 1.82) is 0 Å². The average Bonchev–Trinajstić information content (AvgIpc) is 2.84. The third-order valence-corrected chi connectivity index (χ3v) is 6.35. The number of amides is 1. The summed E-state index contributed by atoms with van der Waals surface area (Å²) in [6.07, 6.45) is 0. The van der Waals surface area contributed by atoms with Crippen LogP contribution in [0.1, 0.15) is 9.67 Å². The molecule has 1 amide bonds. The van der Waals surface area contributed by atoms with Crippen molar-refractivity contribution in [2.24, 2.45) is 5.14 Å². The van der Waals surface area contributed by atoms with Crippen LogP contribution in [0.15, 0.2) is 16.3 Å². The van der Waals surface area contributed by atoms with Gasteiger partial charge in [-0.05, 0) is 26.2 Å². The highest BCUT2D eigenvalue weighted by Gasteiger charge is 2.16. The Balaban J connectivity index is 2.13. The van der Waals surface area contributed by atoms with Crippen LogP contribution in [0.4, 0.5) is 0 Å². The van der Waals surface area contributed by atoms with E-state index in [4.69, 9.17) is 5.14 Å². The van der Waals surface area contributed by atoms with Crippen molar-refractivity contribution >= 4 is 48.0 Å². The predicted molar refractivity (Wildman–Crippen MR) is 82.0 cm³/mol. The first-order chi connectivity index (χ1) is 9.27. The minimum Gasteiger partial charge on any atom is -0.350 e. The number of thiophene rings is 2. The van der Waals surface area contributed by atoms with Gasteiger partial charge in [0.1, 0.15) is 4.21 Å². The van der Waals surface area contributed by atoms with Crippen molar-refractivity contribution in [3.8, 4) is 0 Å². The molecule has 3 N–H and O–H groups in total. The fraction of sp³-hybridized carbons (Fsp3) is 0.364. The number of fused-ring (bicyclic) bond motifs is 1. The molecule has 0 atom stereocenters. The van der Waals surface area contributed by atoms with Crippen molar-refractivity contribution in [1.82, 2.24) is 10.2 Å². The van der Waals surface area contributed by atoms with Gasteiger partial charge in [-0.25, -0.2) is 13.6 Å². The molecule has 2 aromatic heterocycles. The Morgan fingerprint density at radius 1 is 1.35 bits per heavy atom. The van der Waals surface area contributed by atoms with Crippen LogP contribution < -0.4 is 10.5 Å². The molecule has 0 fully saturated rings. The molecule has 0 spiro atoms.